The number of methoxy groups -OCH3 is 1. The van der Waals surface area contributed by atoms with E-state index in [0.717, 1.165) is 63.7 Å². The molecule has 0 aromatic carbocycles. The lowest BCUT2D eigenvalue weighted by Crippen LogP contribution is -2.56. The normalized spacial score (nSPS) is 19.5. The number of amides is 1. The van der Waals surface area contributed by atoms with Crippen LogP contribution in [-0.4, -0.2) is 68.8 Å². The molecule has 0 bridgehead atoms. The molecule has 0 aliphatic carbocycles. The summed E-state index contributed by atoms with van der Waals surface area (Å²) in [6.07, 6.45) is 4.74. The Hall–Kier alpha value is -0.600. The molecule has 0 saturated carbocycles. The number of aryl methyl sites for hydroxylation is 1. The molecule has 0 atom stereocenters. The molecule has 26 heavy (non-hydrogen) atoms. The number of hydrogen-bond acceptors (Lipinski definition) is 6. The van der Waals surface area contributed by atoms with E-state index in [4.69, 9.17) is 4.74 Å². The third-order valence-electron chi connectivity index (χ3n) is 5.16. The van der Waals surface area contributed by atoms with Crippen LogP contribution in [0.1, 0.15) is 24.6 Å². The number of rotatable bonds is 5. The average molecular weight is 425 g/mol. The number of ether oxygens (including phenoxy) is 1. The number of piperazine rings is 1. The van der Waals surface area contributed by atoms with E-state index in [-0.39, 0.29) is 36.1 Å². The predicted octanol–water partition coefficient (Wildman–Crippen LogP) is 2.21. The van der Waals surface area contributed by atoms with Gasteiger partial charge in [-0.25, -0.2) is 4.98 Å². The van der Waals surface area contributed by atoms with Crippen LogP contribution in [0, 0.1) is 5.41 Å². The van der Waals surface area contributed by atoms with Crippen LogP contribution in [0.15, 0.2) is 6.20 Å². The van der Waals surface area contributed by atoms with E-state index in [1.165, 1.54) is 4.88 Å². The Bertz CT molecular complexity index is 553. The molecule has 0 spiro atoms. The first-order chi connectivity index (χ1) is 11.7. The minimum atomic E-state index is -0.335. The molecule has 2 saturated heterocycles. The summed E-state index contributed by atoms with van der Waals surface area (Å²) < 4.78 is 5.41. The Labute approximate surface area is 172 Å². The quantitative estimate of drug-likeness (QED) is 0.784. The molecular weight excluding hydrogens is 395 g/mol. The van der Waals surface area contributed by atoms with Gasteiger partial charge in [-0.15, -0.1) is 36.2 Å². The maximum atomic E-state index is 13.1. The Kier molecular flexibility index (Phi) is 9.61. The molecule has 3 rings (SSSR count). The van der Waals surface area contributed by atoms with Crippen LogP contribution in [0.2, 0.25) is 0 Å². The maximum absolute atomic E-state index is 13.1. The average Bonchev–Trinajstić information content (AvgIpc) is 3.11. The van der Waals surface area contributed by atoms with Crippen molar-refractivity contribution in [1.29, 1.82) is 0 Å². The summed E-state index contributed by atoms with van der Waals surface area (Å²) in [5.41, 5.74) is -0.335. The summed E-state index contributed by atoms with van der Waals surface area (Å²) in [7, 11) is 1.70. The van der Waals surface area contributed by atoms with Crippen LogP contribution in [0.5, 0.6) is 0 Å². The summed E-state index contributed by atoms with van der Waals surface area (Å²) in [6, 6.07) is 0. The van der Waals surface area contributed by atoms with Crippen LogP contribution in [-0.2, 0) is 16.0 Å². The fourth-order valence-corrected chi connectivity index (χ4v) is 4.55. The number of anilines is 1. The van der Waals surface area contributed by atoms with Gasteiger partial charge in [0, 0.05) is 44.4 Å². The number of aromatic nitrogens is 1. The maximum Gasteiger partial charge on any atom is 0.231 e. The van der Waals surface area contributed by atoms with Gasteiger partial charge >= 0.3 is 0 Å². The highest BCUT2D eigenvalue weighted by Gasteiger charge is 2.42. The van der Waals surface area contributed by atoms with Crippen LogP contribution in [0.25, 0.3) is 0 Å². The molecule has 0 unspecified atom stereocenters. The molecule has 1 amide bonds. The molecule has 6 nitrogen and oxygen atoms in total. The minimum absolute atomic E-state index is 0. The summed E-state index contributed by atoms with van der Waals surface area (Å²) in [5.74, 6) is 0.277. The van der Waals surface area contributed by atoms with E-state index in [1.807, 2.05) is 11.1 Å². The SMILES string of the molecule is CCc1cnc(N2CCN(C(=O)C3(COC)CCNCC3)CC2)s1.Cl.Cl. The summed E-state index contributed by atoms with van der Waals surface area (Å²) >= 11 is 1.77. The lowest BCUT2D eigenvalue weighted by molar-refractivity contribution is -0.147. The molecule has 150 valence electrons. The Morgan fingerprint density at radius 1 is 1.27 bits per heavy atom. The highest BCUT2D eigenvalue weighted by molar-refractivity contribution is 7.15. The first-order valence-electron chi connectivity index (χ1n) is 8.87. The second kappa shape index (κ2) is 10.7. The van der Waals surface area contributed by atoms with Gasteiger partial charge in [0.25, 0.3) is 0 Å². The lowest BCUT2D eigenvalue weighted by Gasteiger charge is -2.42. The van der Waals surface area contributed by atoms with Gasteiger partial charge in [0.2, 0.25) is 5.91 Å². The minimum Gasteiger partial charge on any atom is -0.384 e. The number of nitrogens with one attached hydrogen (secondary N) is 1. The van der Waals surface area contributed by atoms with Gasteiger partial charge in [-0.2, -0.15) is 0 Å². The zero-order valence-corrected chi connectivity index (χ0v) is 18.0. The van der Waals surface area contributed by atoms with Crippen LogP contribution >= 0.6 is 36.2 Å². The third-order valence-corrected chi connectivity index (χ3v) is 6.36. The van der Waals surface area contributed by atoms with Crippen molar-refractivity contribution in [2.75, 3.05) is 57.9 Å². The number of nitrogens with zero attached hydrogens (tertiary/aromatic N) is 3. The number of halogens is 2. The van der Waals surface area contributed by atoms with Gasteiger partial charge in [0.05, 0.1) is 12.0 Å². The summed E-state index contributed by atoms with van der Waals surface area (Å²) in [6.45, 7) is 7.76. The third kappa shape index (κ3) is 5.01. The molecule has 1 aromatic rings. The highest BCUT2D eigenvalue weighted by Crippen LogP contribution is 2.32. The van der Waals surface area contributed by atoms with Gasteiger partial charge < -0.3 is 19.9 Å². The van der Waals surface area contributed by atoms with Crippen molar-refractivity contribution in [1.82, 2.24) is 15.2 Å². The van der Waals surface area contributed by atoms with Crippen molar-refractivity contribution in [2.45, 2.75) is 26.2 Å². The first-order valence-corrected chi connectivity index (χ1v) is 9.69. The molecule has 1 N–H and O–H groups in total. The number of hydrogen-bond donors (Lipinski definition) is 1. The lowest BCUT2D eigenvalue weighted by atomic mass is 9.78. The van der Waals surface area contributed by atoms with Crippen molar-refractivity contribution in [3.63, 3.8) is 0 Å². The molecule has 2 aliphatic heterocycles. The second-order valence-corrected chi connectivity index (χ2v) is 7.80. The number of piperidine rings is 1. The molecule has 3 heterocycles. The van der Waals surface area contributed by atoms with E-state index in [0.29, 0.717) is 6.61 Å². The van der Waals surface area contributed by atoms with E-state index < -0.39 is 0 Å². The van der Waals surface area contributed by atoms with Crippen molar-refractivity contribution >= 4 is 47.2 Å². The standard InChI is InChI=1S/C17H28N4O2S.2ClH/c1-3-14-12-19-16(24-14)21-10-8-20(9-11-21)15(22)17(13-23-2)4-6-18-7-5-17;;/h12,18H,3-11,13H2,1-2H3;2*1H. The topological polar surface area (TPSA) is 57.7 Å². The number of thiazole rings is 1. The summed E-state index contributed by atoms with van der Waals surface area (Å²) in [4.78, 5) is 23.3. The predicted molar refractivity (Wildman–Crippen MR) is 111 cm³/mol. The fraction of sp³-hybridized carbons (Fsp3) is 0.765. The molecule has 2 fully saturated rings. The van der Waals surface area contributed by atoms with Gasteiger partial charge in [0.15, 0.2) is 5.13 Å². The number of carbonyl (C=O) groups is 1. The summed E-state index contributed by atoms with van der Waals surface area (Å²) in [5, 5.41) is 4.44. The largest absolute Gasteiger partial charge is 0.384 e. The fourth-order valence-electron chi connectivity index (χ4n) is 3.64. The van der Waals surface area contributed by atoms with E-state index in [1.54, 1.807) is 18.4 Å². The van der Waals surface area contributed by atoms with E-state index >= 15 is 0 Å². The van der Waals surface area contributed by atoms with Gasteiger partial charge in [-0.1, -0.05) is 6.92 Å². The van der Waals surface area contributed by atoms with Gasteiger partial charge in [-0.3, -0.25) is 4.79 Å². The monoisotopic (exact) mass is 424 g/mol. The van der Waals surface area contributed by atoms with E-state index in [2.05, 4.69) is 22.1 Å². The van der Waals surface area contributed by atoms with Gasteiger partial charge in [0.1, 0.15) is 0 Å². The number of carbonyl (C=O) groups excluding carboxylic acids is 1. The second-order valence-electron chi connectivity index (χ2n) is 6.71. The van der Waals surface area contributed by atoms with E-state index in [9.17, 15) is 4.79 Å². The molecule has 0 radical (unpaired) electrons. The van der Waals surface area contributed by atoms with Crippen LogP contribution in [0.4, 0.5) is 5.13 Å². The van der Waals surface area contributed by atoms with Crippen molar-refractivity contribution < 1.29 is 9.53 Å². The first kappa shape index (κ1) is 23.4. The zero-order valence-electron chi connectivity index (χ0n) is 15.5. The zero-order chi connectivity index (χ0) is 17.0. The molecule has 1 aromatic heterocycles. The van der Waals surface area contributed by atoms with Gasteiger partial charge in [-0.05, 0) is 32.4 Å². The Morgan fingerprint density at radius 2 is 1.92 bits per heavy atom. The molecule has 2 aliphatic rings. The van der Waals surface area contributed by atoms with Crippen molar-refractivity contribution in [3.05, 3.63) is 11.1 Å². The Balaban J connectivity index is 0.00000169. The highest BCUT2D eigenvalue weighted by atomic mass is 35.5. The van der Waals surface area contributed by atoms with Crippen LogP contribution < -0.4 is 10.2 Å². The van der Waals surface area contributed by atoms with Crippen LogP contribution in [0.3, 0.4) is 0 Å². The van der Waals surface area contributed by atoms with Crippen molar-refractivity contribution in [3.8, 4) is 0 Å². The smallest absolute Gasteiger partial charge is 0.231 e. The Morgan fingerprint density at radius 3 is 2.46 bits per heavy atom. The molecule has 9 heteroatoms. The molecular formula is C17H30Cl2N4O2S. The van der Waals surface area contributed by atoms with Crippen molar-refractivity contribution in [2.24, 2.45) is 5.41 Å².